The van der Waals surface area contributed by atoms with E-state index in [1.54, 1.807) is 6.07 Å². The zero-order chi connectivity index (χ0) is 14.5. The molecule has 3 heteroatoms. The third-order valence-corrected chi connectivity index (χ3v) is 4.31. The molecular weight excluding hydrogens is 250 g/mol. The maximum absolute atomic E-state index is 9.76. The van der Waals surface area contributed by atoms with Gasteiger partial charge in [0.25, 0.3) is 0 Å². The summed E-state index contributed by atoms with van der Waals surface area (Å²) in [7, 11) is 4.23. The molecule has 1 aromatic carbocycles. The molecule has 112 valence electrons. The van der Waals surface area contributed by atoms with Gasteiger partial charge in [0.2, 0.25) is 0 Å². The molecule has 2 rings (SSSR count). The number of ether oxygens (including phenoxy) is 1. The summed E-state index contributed by atoms with van der Waals surface area (Å²) in [5, 5.41) is 9.76. The van der Waals surface area contributed by atoms with Crippen LogP contribution in [-0.2, 0) is 4.74 Å². The second-order valence-corrected chi connectivity index (χ2v) is 5.95. The lowest BCUT2D eigenvalue weighted by molar-refractivity contribution is -0.0325. The summed E-state index contributed by atoms with van der Waals surface area (Å²) in [6, 6.07) is 7.97. The van der Waals surface area contributed by atoms with Crippen LogP contribution in [0.1, 0.15) is 44.2 Å². The van der Waals surface area contributed by atoms with Crippen molar-refractivity contribution < 1.29 is 9.84 Å². The van der Waals surface area contributed by atoms with E-state index >= 15 is 0 Å². The molecule has 1 unspecified atom stereocenters. The minimum atomic E-state index is 0.305. The second kappa shape index (κ2) is 7.09. The molecule has 20 heavy (non-hydrogen) atoms. The fourth-order valence-corrected chi connectivity index (χ4v) is 3.54. The van der Waals surface area contributed by atoms with Crippen molar-refractivity contribution in [1.82, 2.24) is 4.90 Å². The monoisotopic (exact) mass is 277 g/mol. The molecule has 3 nitrogen and oxygen atoms in total. The van der Waals surface area contributed by atoms with Gasteiger partial charge in [-0.25, -0.2) is 0 Å². The summed E-state index contributed by atoms with van der Waals surface area (Å²) < 4.78 is 5.99. The van der Waals surface area contributed by atoms with Gasteiger partial charge in [-0.3, -0.25) is 0 Å². The van der Waals surface area contributed by atoms with Crippen molar-refractivity contribution in [2.24, 2.45) is 5.92 Å². The van der Waals surface area contributed by atoms with E-state index in [0.29, 0.717) is 23.8 Å². The molecular formula is C17H27NO2. The third-order valence-electron chi connectivity index (χ3n) is 4.31. The van der Waals surface area contributed by atoms with E-state index in [2.05, 4.69) is 32.0 Å². The van der Waals surface area contributed by atoms with E-state index in [4.69, 9.17) is 4.74 Å². The topological polar surface area (TPSA) is 32.7 Å². The van der Waals surface area contributed by atoms with Crippen LogP contribution in [0.15, 0.2) is 24.3 Å². The van der Waals surface area contributed by atoms with Gasteiger partial charge in [-0.1, -0.05) is 25.0 Å². The first-order valence-electron chi connectivity index (χ1n) is 7.70. The molecule has 0 spiro atoms. The molecule has 1 N–H and O–H groups in total. The molecule has 3 atom stereocenters. The molecule has 0 radical (unpaired) electrons. The normalized spacial score (nSPS) is 24.8. The Kier molecular flexibility index (Phi) is 5.44. The molecule has 1 fully saturated rings. The third kappa shape index (κ3) is 3.53. The summed E-state index contributed by atoms with van der Waals surface area (Å²) >= 11 is 0. The number of phenols is 1. The Morgan fingerprint density at radius 3 is 2.70 bits per heavy atom. The van der Waals surface area contributed by atoms with E-state index in [1.807, 2.05) is 12.1 Å². The van der Waals surface area contributed by atoms with Crippen molar-refractivity contribution in [3.63, 3.8) is 0 Å². The number of phenolic OH excluding ortho intramolecular Hbond substituents is 1. The van der Waals surface area contributed by atoms with Gasteiger partial charge in [0, 0.05) is 18.6 Å². The number of aromatic hydroxyl groups is 1. The highest BCUT2D eigenvalue weighted by Crippen LogP contribution is 2.39. The highest BCUT2D eigenvalue weighted by Gasteiger charge is 2.34. The van der Waals surface area contributed by atoms with Crippen LogP contribution in [0, 0.1) is 5.92 Å². The zero-order valence-corrected chi connectivity index (χ0v) is 12.9. The fraction of sp³-hybridized carbons (Fsp3) is 0.647. The van der Waals surface area contributed by atoms with Crippen LogP contribution in [0.3, 0.4) is 0 Å². The number of benzene rings is 1. The van der Waals surface area contributed by atoms with Gasteiger partial charge in [0.05, 0.1) is 6.10 Å². The Labute approximate surface area is 122 Å². The van der Waals surface area contributed by atoms with E-state index in [-0.39, 0.29) is 0 Å². The van der Waals surface area contributed by atoms with Crippen molar-refractivity contribution in [1.29, 1.82) is 0 Å². The van der Waals surface area contributed by atoms with Crippen LogP contribution in [0.2, 0.25) is 0 Å². The quantitative estimate of drug-likeness (QED) is 0.892. The molecule has 0 heterocycles. The highest BCUT2D eigenvalue weighted by atomic mass is 16.5. The Bertz CT molecular complexity index is 417. The lowest BCUT2D eigenvalue weighted by atomic mass is 9.78. The van der Waals surface area contributed by atoms with E-state index in [0.717, 1.165) is 13.0 Å². The largest absolute Gasteiger partial charge is 0.508 e. The van der Waals surface area contributed by atoms with Crippen molar-refractivity contribution in [2.75, 3.05) is 20.7 Å². The fourth-order valence-electron chi connectivity index (χ4n) is 3.54. The molecule has 0 amide bonds. The first-order valence-corrected chi connectivity index (χ1v) is 7.70. The van der Waals surface area contributed by atoms with Crippen molar-refractivity contribution in [2.45, 2.75) is 44.8 Å². The van der Waals surface area contributed by atoms with Crippen molar-refractivity contribution in [3.05, 3.63) is 29.8 Å². The van der Waals surface area contributed by atoms with Crippen LogP contribution in [0.4, 0.5) is 0 Å². The van der Waals surface area contributed by atoms with Crippen molar-refractivity contribution >= 4 is 0 Å². The predicted molar refractivity (Wildman–Crippen MR) is 81.9 cm³/mol. The van der Waals surface area contributed by atoms with Crippen LogP contribution >= 0.6 is 0 Å². The van der Waals surface area contributed by atoms with Crippen LogP contribution in [0.5, 0.6) is 5.75 Å². The molecule has 0 aromatic heterocycles. The maximum atomic E-state index is 9.76. The summed E-state index contributed by atoms with van der Waals surface area (Å²) in [5.41, 5.74) is 1.19. The maximum Gasteiger partial charge on any atom is 0.115 e. The molecule has 1 aromatic rings. The number of hydrogen-bond acceptors (Lipinski definition) is 3. The standard InChI is InChI=1S/C17H27NO2/c1-4-20-16-11-6-5-10-15(16)17(18(2)3)13-8-7-9-14(19)12-13/h7-9,12,15-17,19H,4-6,10-11H2,1-3H3/t15-,16+,17?/m1/s1. The minimum absolute atomic E-state index is 0.305. The SMILES string of the molecule is CCO[C@H]1CCCC[C@H]1C(c1cccc(O)c1)N(C)C. The number of nitrogens with zero attached hydrogens (tertiary/aromatic N) is 1. The van der Waals surface area contributed by atoms with Gasteiger partial charge in [0.1, 0.15) is 5.75 Å². The Morgan fingerprint density at radius 1 is 1.30 bits per heavy atom. The van der Waals surface area contributed by atoms with E-state index in [1.165, 1.54) is 24.8 Å². The van der Waals surface area contributed by atoms with E-state index < -0.39 is 0 Å². The Morgan fingerprint density at radius 2 is 2.05 bits per heavy atom. The smallest absolute Gasteiger partial charge is 0.115 e. The Hall–Kier alpha value is -1.06. The summed E-state index contributed by atoms with van der Waals surface area (Å²) in [5.74, 6) is 0.846. The lowest BCUT2D eigenvalue weighted by Crippen LogP contribution is -2.38. The van der Waals surface area contributed by atoms with Crippen LogP contribution in [0.25, 0.3) is 0 Å². The van der Waals surface area contributed by atoms with Gasteiger partial charge in [0.15, 0.2) is 0 Å². The van der Waals surface area contributed by atoms with Crippen LogP contribution in [-0.4, -0.2) is 36.8 Å². The average molecular weight is 277 g/mol. The van der Waals surface area contributed by atoms with Crippen molar-refractivity contribution in [3.8, 4) is 5.75 Å². The predicted octanol–water partition coefficient (Wildman–Crippen LogP) is 3.59. The van der Waals surface area contributed by atoms with Gasteiger partial charge in [-0.15, -0.1) is 0 Å². The number of hydrogen-bond donors (Lipinski definition) is 1. The molecule has 1 aliphatic carbocycles. The van der Waals surface area contributed by atoms with Gasteiger partial charge in [-0.2, -0.15) is 0 Å². The minimum Gasteiger partial charge on any atom is -0.508 e. The van der Waals surface area contributed by atoms with Crippen LogP contribution < -0.4 is 0 Å². The molecule has 0 aliphatic heterocycles. The molecule has 0 saturated heterocycles. The first-order chi connectivity index (χ1) is 9.63. The van der Waals surface area contributed by atoms with Gasteiger partial charge >= 0.3 is 0 Å². The summed E-state index contributed by atoms with van der Waals surface area (Å²) in [6.07, 6.45) is 5.23. The van der Waals surface area contributed by atoms with Gasteiger partial charge < -0.3 is 14.7 Å². The highest BCUT2D eigenvalue weighted by molar-refractivity contribution is 5.30. The van der Waals surface area contributed by atoms with E-state index in [9.17, 15) is 5.11 Å². The second-order valence-electron chi connectivity index (χ2n) is 5.95. The number of rotatable bonds is 5. The van der Waals surface area contributed by atoms with Gasteiger partial charge in [-0.05, 0) is 51.6 Å². The average Bonchev–Trinajstić information content (AvgIpc) is 2.41. The Balaban J connectivity index is 2.26. The molecule has 1 aliphatic rings. The first kappa shape index (κ1) is 15.3. The molecule has 1 saturated carbocycles. The summed E-state index contributed by atoms with van der Waals surface area (Å²) in [4.78, 5) is 2.26. The zero-order valence-electron chi connectivity index (χ0n) is 12.9. The summed E-state index contributed by atoms with van der Waals surface area (Å²) in [6.45, 7) is 2.85. The lowest BCUT2D eigenvalue weighted by Gasteiger charge is -2.40. The molecule has 0 bridgehead atoms.